The summed E-state index contributed by atoms with van der Waals surface area (Å²) in [5, 5.41) is 0. The number of aromatic amines is 1. The van der Waals surface area contributed by atoms with Crippen LogP contribution in [0.4, 0.5) is 11.5 Å². The molecule has 0 spiro atoms. The molecule has 0 saturated heterocycles. The third-order valence-electron chi connectivity index (χ3n) is 4.06. The predicted octanol–water partition coefficient (Wildman–Crippen LogP) is 2.49. The highest BCUT2D eigenvalue weighted by molar-refractivity contribution is 5.95. The maximum atomic E-state index is 12.7. The van der Waals surface area contributed by atoms with Crippen LogP contribution in [0.25, 0.3) is 0 Å². The molecule has 7 heteroatoms. The zero-order valence-corrected chi connectivity index (χ0v) is 15.9. The third kappa shape index (κ3) is 5.76. The quantitative estimate of drug-likeness (QED) is 0.632. The number of aromatic nitrogens is 2. The maximum Gasteiger partial charge on any atom is 0.330 e. The Morgan fingerprint density at radius 1 is 1.16 bits per heavy atom. The standard InChI is InChI=1S/C18H32N4O3/c1-5-7-9-10-14(23)22(12-13(3)4)15-16(19)21(11-8-6-2)18(25)20-17(15)24/h13H,5-12,19H2,1-4H3,(H,20,24,25). The van der Waals surface area contributed by atoms with Crippen molar-refractivity contribution in [1.82, 2.24) is 9.55 Å². The number of H-pyrrole nitrogens is 1. The number of nitrogens with one attached hydrogen (secondary N) is 1. The second-order valence-electron chi connectivity index (χ2n) is 6.85. The van der Waals surface area contributed by atoms with Gasteiger partial charge in [-0.1, -0.05) is 47.0 Å². The van der Waals surface area contributed by atoms with Crippen molar-refractivity contribution in [3.63, 3.8) is 0 Å². The minimum atomic E-state index is -0.597. The monoisotopic (exact) mass is 352 g/mol. The van der Waals surface area contributed by atoms with Gasteiger partial charge in [-0.15, -0.1) is 0 Å². The molecule has 142 valence electrons. The van der Waals surface area contributed by atoms with Gasteiger partial charge in [-0.3, -0.25) is 19.1 Å². The molecular weight excluding hydrogens is 320 g/mol. The number of nitrogens with zero attached hydrogens (tertiary/aromatic N) is 2. The van der Waals surface area contributed by atoms with E-state index in [0.29, 0.717) is 19.5 Å². The van der Waals surface area contributed by atoms with Crippen LogP contribution in [-0.4, -0.2) is 22.0 Å². The Morgan fingerprint density at radius 3 is 2.36 bits per heavy atom. The van der Waals surface area contributed by atoms with Gasteiger partial charge >= 0.3 is 5.69 Å². The van der Waals surface area contributed by atoms with Crippen molar-refractivity contribution in [3.05, 3.63) is 20.8 Å². The molecule has 0 unspecified atom stereocenters. The molecule has 0 atom stereocenters. The second kappa shape index (κ2) is 10.1. The zero-order valence-electron chi connectivity index (χ0n) is 15.9. The molecule has 0 aliphatic rings. The van der Waals surface area contributed by atoms with Crippen LogP contribution in [0.3, 0.4) is 0 Å². The van der Waals surface area contributed by atoms with Crippen LogP contribution < -0.4 is 21.9 Å². The number of carbonyl (C=O) groups excluding carboxylic acids is 1. The van der Waals surface area contributed by atoms with E-state index in [-0.39, 0.29) is 23.3 Å². The fourth-order valence-corrected chi connectivity index (χ4v) is 2.72. The number of hydrogen-bond acceptors (Lipinski definition) is 4. The molecular formula is C18H32N4O3. The fourth-order valence-electron chi connectivity index (χ4n) is 2.72. The normalized spacial score (nSPS) is 11.1. The van der Waals surface area contributed by atoms with Crippen molar-refractivity contribution in [2.45, 2.75) is 72.8 Å². The van der Waals surface area contributed by atoms with Crippen LogP contribution in [0.5, 0.6) is 0 Å². The van der Waals surface area contributed by atoms with Crippen molar-refractivity contribution >= 4 is 17.4 Å². The maximum absolute atomic E-state index is 12.7. The van der Waals surface area contributed by atoms with Gasteiger partial charge < -0.3 is 10.6 Å². The summed E-state index contributed by atoms with van der Waals surface area (Å²) in [4.78, 5) is 40.9. The molecule has 3 N–H and O–H groups in total. The summed E-state index contributed by atoms with van der Waals surface area (Å²) in [5.74, 6) is 0.122. The van der Waals surface area contributed by atoms with Crippen molar-refractivity contribution < 1.29 is 4.79 Å². The number of hydrogen-bond donors (Lipinski definition) is 2. The van der Waals surface area contributed by atoms with Crippen LogP contribution in [-0.2, 0) is 11.3 Å². The van der Waals surface area contributed by atoms with Crippen LogP contribution in [0.1, 0.15) is 66.2 Å². The molecule has 0 radical (unpaired) electrons. The first kappa shape index (κ1) is 21.0. The molecule has 0 aromatic carbocycles. The number of amides is 1. The average molecular weight is 352 g/mol. The second-order valence-corrected chi connectivity index (χ2v) is 6.85. The predicted molar refractivity (Wildman–Crippen MR) is 102 cm³/mol. The van der Waals surface area contributed by atoms with E-state index >= 15 is 0 Å². The molecule has 1 heterocycles. The largest absolute Gasteiger partial charge is 0.383 e. The lowest BCUT2D eigenvalue weighted by Crippen LogP contribution is -2.42. The van der Waals surface area contributed by atoms with Crippen LogP contribution >= 0.6 is 0 Å². The Morgan fingerprint density at radius 2 is 1.80 bits per heavy atom. The first-order valence-corrected chi connectivity index (χ1v) is 9.26. The third-order valence-corrected chi connectivity index (χ3v) is 4.06. The van der Waals surface area contributed by atoms with Crippen molar-refractivity contribution in [2.75, 3.05) is 17.2 Å². The zero-order chi connectivity index (χ0) is 19.0. The lowest BCUT2D eigenvalue weighted by atomic mass is 10.1. The molecule has 25 heavy (non-hydrogen) atoms. The van der Waals surface area contributed by atoms with Gasteiger partial charge in [-0.2, -0.15) is 0 Å². The van der Waals surface area contributed by atoms with Crippen molar-refractivity contribution in [2.24, 2.45) is 5.92 Å². The Kier molecular flexibility index (Phi) is 8.45. The van der Waals surface area contributed by atoms with Gasteiger partial charge in [-0.05, 0) is 18.8 Å². The number of unbranched alkanes of at least 4 members (excludes halogenated alkanes) is 3. The van der Waals surface area contributed by atoms with E-state index in [9.17, 15) is 14.4 Å². The highest BCUT2D eigenvalue weighted by Crippen LogP contribution is 2.20. The highest BCUT2D eigenvalue weighted by atomic mass is 16.2. The Labute approximate surface area is 149 Å². The Hall–Kier alpha value is -2.05. The van der Waals surface area contributed by atoms with Gasteiger partial charge in [-0.25, -0.2) is 4.79 Å². The summed E-state index contributed by atoms with van der Waals surface area (Å²) in [6.07, 6.45) is 4.78. The topological polar surface area (TPSA) is 101 Å². The summed E-state index contributed by atoms with van der Waals surface area (Å²) in [7, 11) is 0. The van der Waals surface area contributed by atoms with Gasteiger partial charge in [0.2, 0.25) is 5.91 Å². The first-order valence-electron chi connectivity index (χ1n) is 9.26. The van der Waals surface area contributed by atoms with E-state index in [0.717, 1.165) is 32.1 Å². The van der Waals surface area contributed by atoms with E-state index in [1.165, 1.54) is 9.47 Å². The minimum absolute atomic E-state index is 0.0756. The summed E-state index contributed by atoms with van der Waals surface area (Å²) in [6, 6.07) is 0. The van der Waals surface area contributed by atoms with E-state index < -0.39 is 11.2 Å². The number of rotatable bonds is 10. The lowest BCUT2D eigenvalue weighted by molar-refractivity contribution is -0.118. The molecule has 1 rings (SSSR count). The van der Waals surface area contributed by atoms with Crippen molar-refractivity contribution in [3.8, 4) is 0 Å². The molecule has 0 fully saturated rings. The molecule has 0 aliphatic carbocycles. The number of anilines is 2. The number of nitrogen functional groups attached to an aromatic ring is 1. The summed E-state index contributed by atoms with van der Waals surface area (Å²) in [6.45, 7) is 8.85. The van der Waals surface area contributed by atoms with Crippen LogP contribution in [0.2, 0.25) is 0 Å². The number of nitrogens with two attached hydrogens (primary N) is 1. The highest BCUT2D eigenvalue weighted by Gasteiger charge is 2.24. The molecule has 0 saturated carbocycles. The van der Waals surface area contributed by atoms with Gasteiger partial charge in [0.05, 0.1) is 0 Å². The summed E-state index contributed by atoms with van der Waals surface area (Å²) >= 11 is 0. The number of carbonyl (C=O) groups is 1. The van der Waals surface area contributed by atoms with Gasteiger partial charge in [0, 0.05) is 19.5 Å². The van der Waals surface area contributed by atoms with E-state index in [4.69, 9.17) is 5.73 Å². The molecule has 0 bridgehead atoms. The van der Waals surface area contributed by atoms with E-state index in [1.54, 1.807) is 0 Å². The average Bonchev–Trinajstić information content (AvgIpc) is 2.53. The molecule has 1 aromatic heterocycles. The molecule has 1 aromatic rings. The Bertz CT molecular complexity index is 676. The van der Waals surface area contributed by atoms with Crippen molar-refractivity contribution in [1.29, 1.82) is 0 Å². The minimum Gasteiger partial charge on any atom is -0.383 e. The smallest absolute Gasteiger partial charge is 0.330 e. The van der Waals surface area contributed by atoms with E-state index in [1.807, 2.05) is 20.8 Å². The van der Waals surface area contributed by atoms with Gasteiger partial charge in [0.1, 0.15) is 5.82 Å². The summed E-state index contributed by atoms with van der Waals surface area (Å²) in [5.41, 5.74) is 5.12. The first-order chi connectivity index (χ1) is 11.8. The lowest BCUT2D eigenvalue weighted by Gasteiger charge is -2.26. The van der Waals surface area contributed by atoms with Gasteiger partial charge in [0.25, 0.3) is 5.56 Å². The van der Waals surface area contributed by atoms with Gasteiger partial charge in [0.15, 0.2) is 5.69 Å². The molecule has 0 aliphatic heterocycles. The molecule has 7 nitrogen and oxygen atoms in total. The van der Waals surface area contributed by atoms with E-state index in [2.05, 4.69) is 11.9 Å². The molecule has 1 amide bonds. The summed E-state index contributed by atoms with van der Waals surface area (Å²) < 4.78 is 1.35. The van der Waals surface area contributed by atoms with Crippen LogP contribution in [0.15, 0.2) is 9.59 Å². The fraction of sp³-hybridized carbons (Fsp3) is 0.722. The SMILES string of the molecule is CCCCCC(=O)N(CC(C)C)c1c(N)n(CCCC)c(=O)[nH]c1=O. The van der Waals surface area contributed by atoms with Crippen LogP contribution in [0, 0.1) is 5.92 Å². The Balaban J connectivity index is 3.30.